The average molecular weight is 263 g/mol. The van der Waals surface area contributed by atoms with Crippen LogP contribution >= 0.6 is 12.6 Å². The highest BCUT2D eigenvalue weighted by molar-refractivity contribution is 7.80. The minimum Gasteiger partial charge on any atom is -0.392 e. The zero-order valence-corrected chi connectivity index (χ0v) is 11.6. The van der Waals surface area contributed by atoms with Gasteiger partial charge in [0, 0.05) is 24.0 Å². The Morgan fingerprint density at radius 3 is 2.61 bits per heavy atom. The summed E-state index contributed by atoms with van der Waals surface area (Å²) in [6.07, 6.45) is 5.62. The van der Waals surface area contributed by atoms with Crippen LogP contribution in [-0.4, -0.2) is 35.2 Å². The van der Waals surface area contributed by atoms with Crippen molar-refractivity contribution in [3.05, 3.63) is 29.3 Å². The minimum absolute atomic E-state index is 0.0975. The minimum atomic E-state index is -0.0975. The molecular formula is C15H21NOS. The van der Waals surface area contributed by atoms with E-state index in [0.717, 1.165) is 30.8 Å². The van der Waals surface area contributed by atoms with E-state index in [2.05, 4.69) is 35.7 Å². The maximum absolute atomic E-state index is 9.66. The fourth-order valence-corrected chi connectivity index (χ4v) is 3.57. The topological polar surface area (TPSA) is 23.5 Å². The van der Waals surface area contributed by atoms with Gasteiger partial charge in [0.05, 0.1) is 6.10 Å². The molecule has 1 aromatic rings. The van der Waals surface area contributed by atoms with E-state index in [-0.39, 0.29) is 6.10 Å². The van der Waals surface area contributed by atoms with Gasteiger partial charge in [-0.2, -0.15) is 0 Å². The summed E-state index contributed by atoms with van der Waals surface area (Å²) < 4.78 is 0. The number of rotatable bonds is 1. The molecule has 1 aliphatic heterocycles. The van der Waals surface area contributed by atoms with E-state index < -0.39 is 0 Å². The molecule has 0 aromatic heterocycles. The molecule has 1 N–H and O–H groups in total. The summed E-state index contributed by atoms with van der Waals surface area (Å²) in [5.41, 5.74) is 2.97. The molecule has 3 heteroatoms. The largest absolute Gasteiger partial charge is 0.392 e. The van der Waals surface area contributed by atoms with Crippen molar-refractivity contribution in [1.82, 2.24) is 4.90 Å². The highest BCUT2D eigenvalue weighted by Gasteiger charge is 2.28. The molecule has 1 aromatic carbocycles. The van der Waals surface area contributed by atoms with Crippen molar-refractivity contribution >= 4 is 12.6 Å². The Labute approximate surface area is 114 Å². The molecule has 1 aliphatic carbocycles. The van der Waals surface area contributed by atoms with Gasteiger partial charge in [-0.1, -0.05) is 6.07 Å². The fraction of sp³-hybridized carbons (Fsp3) is 0.600. The van der Waals surface area contributed by atoms with Gasteiger partial charge in [-0.15, -0.1) is 12.6 Å². The van der Waals surface area contributed by atoms with Crippen molar-refractivity contribution in [2.75, 3.05) is 13.1 Å². The molecule has 1 saturated heterocycles. The first-order valence-electron chi connectivity index (χ1n) is 6.95. The number of fused-ring (bicyclic) bond motifs is 1. The second kappa shape index (κ2) is 5.24. The lowest BCUT2D eigenvalue weighted by atomic mass is 10.0. The number of benzene rings is 1. The van der Waals surface area contributed by atoms with Crippen LogP contribution in [0.2, 0.25) is 0 Å². The SMILES string of the molecule is O[C@H]1CCN(C2CCc3ccc(S)cc3CC2)C1. The Morgan fingerprint density at radius 2 is 1.89 bits per heavy atom. The number of aryl methyl sites for hydroxylation is 2. The van der Waals surface area contributed by atoms with Gasteiger partial charge in [-0.3, -0.25) is 4.90 Å². The van der Waals surface area contributed by atoms with Crippen LogP contribution in [0.25, 0.3) is 0 Å². The van der Waals surface area contributed by atoms with Crippen molar-refractivity contribution in [2.45, 2.75) is 49.1 Å². The summed E-state index contributed by atoms with van der Waals surface area (Å²) in [5.74, 6) is 0. The highest BCUT2D eigenvalue weighted by Crippen LogP contribution is 2.27. The molecule has 98 valence electrons. The molecule has 18 heavy (non-hydrogen) atoms. The molecule has 3 rings (SSSR count). The summed E-state index contributed by atoms with van der Waals surface area (Å²) in [4.78, 5) is 3.56. The second-order valence-corrected chi connectivity index (χ2v) is 6.14. The lowest BCUT2D eigenvalue weighted by molar-refractivity contribution is 0.153. The molecule has 1 unspecified atom stereocenters. The average Bonchev–Trinajstić information content (AvgIpc) is 2.67. The Bertz CT molecular complexity index is 435. The first-order chi connectivity index (χ1) is 8.72. The zero-order chi connectivity index (χ0) is 12.5. The van der Waals surface area contributed by atoms with Gasteiger partial charge in [-0.25, -0.2) is 0 Å². The van der Waals surface area contributed by atoms with Crippen LogP contribution in [0.3, 0.4) is 0 Å². The van der Waals surface area contributed by atoms with Gasteiger partial charge in [0.15, 0.2) is 0 Å². The number of thiol groups is 1. The summed E-state index contributed by atoms with van der Waals surface area (Å²) in [6, 6.07) is 7.21. The molecule has 1 heterocycles. The zero-order valence-electron chi connectivity index (χ0n) is 10.7. The molecule has 0 spiro atoms. The number of nitrogens with zero attached hydrogens (tertiary/aromatic N) is 1. The molecule has 2 nitrogen and oxygen atoms in total. The maximum Gasteiger partial charge on any atom is 0.0679 e. The lowest BCUT2D eigenvalue weighted by Gasteiger charge is -2.26. The molecule has 2 atom stereocenters. The van der Waals surface area contributed by atoms with E-state index in [1.165, 1.54) is 30.4 Å². The molecule has 0 amide bonds. The highest BCUT2D eigenvalue weighted by atomic mass is 32.1. The van der Waals surface area contributed by atoms with Crippen molar-refractivity contribution in [2.24, 2.45) is 0 Å². The van der Waals surface area contributed by atoms with E-state index >= 15 is 0 Å². The van der Waals surface area contributed by atoms with Crippen molar-refractivity contribution in [3.63, 3.8) is 0 Å². The van der Waals surface area contributed by atoms with Gasteiger partial charge >= 0.3 is 0 Å². The van der Waals surface area contributed by atoms with Gasteiger partial charge in [0.25, 0.3) is 0 Å². The quantitative estimate of drug-likeness (QED) is 0.600. The third-order valence-corrected chi connectivity index (χ3v) is 4.67. The van der Waals surface area contributed by atoms with Gasteiger partial charge in [0.1, 0.15) is 0 Å². The molecule has 1 fully saturated rings. The van der Waals surface area contributed by atoms with Crippen LogP contribution in [0.15, 0.2) is 23.1 Å². The first kappa shape index (κ1) is 12.5. The number of β-amino-alcohol motifs (C(OH)–C–C–N with tert-alkyl or cyclic N) is 1. The summed E-state index contributed by atoms with van der Waals surface area (Å²) in [7, 11) is 0. The lowest BCUT2D eigenvalue weighted by Crippen LogP contribution is -2.34. The van der Waals surface area contributed by atoms with Crippen LogP contribution in [-0.2, 0) is 12.8 Å². The van der Waals surface area contributed by atoms with E-state index in [1.54, 1.807) is 0 Å². The summed E-state index contributed by atoms with van der Waals surface area (Å²) >= 11 is 4.43. The van der Waals surface area contributed by atoms with Gasteiger partial charge in [-0.05, 0) is 55.4 Å². The summed E-state index contributed by atoms with van der Waals surface area (Å²) in [5, 5.41) is 9.66. The Kier molecular flexibility index (Phi) is 3.64. The Hall–Kier alpha value is -0.510. The Balaban J connectivity index is 1.71. The van der Waals surface area contributed by atoms with Crippen molar-refractivity contribution in [3.8, 4) is 0 Å². The molecule has 2 aliphatic rings. The van der Waals surface area contributed by atoms with E-state index in [9.17, 15) is 5.11 Å². The van der Waals surface area contributed by atoms with Crippen LogP contribution in [0.5, 0.6) is 0 Å². The maximum atomic E-state index is 9.66. The molecule has 0 bridgehead atoms. The second-order valence-electron chi connectivity index (χ2n) is 5.62. The smallest absolute Gasteiger partial charge is 0.0679 e. The summed E-state index contributed by atoms with van der Waals surface area (Å²) in [6.45, 7) is 1.94. The molecule has 0 saturated carbocycles. The Morgan fingerprint density at radius 1 is 1.11 bits per heavy atom. The predicted octanol–water partition coefficient (Wildman–Crippen LogP) is 2.29. The first-order valence-corrected chi connectivity index (χ1v) is 7.40. The number of aliphatic hydroxyl groups is 1. The predicted molar refractivity (Wildman–Crippen MR) is 76.3 cm³/mol. The normalized spacial score (nSPS) is 29.0. The van der Waals surface area contributed by atoms with Crippen LogP contribution in [0, 0.1) is 0 Å². The number of hydrogen-bond acceptors (Lipinski definition) is 3. The van der Waals surface area contributed by atoms with Crippen LogP contribution < -0.4 is 0 Å². The van der Waals surface area contributed by atoms with E-state index in [1.807, 2.05) is 0 Å². The van der Waals surface area contributed by atoms with Gasteiger partial charge in [0.2, 0.25) is 0 Å². The van der Waals surface area contributed by atoms with Crippen molar-refractivity contribution in [1.29, 1.82) is 0 Å². The van der Waals surface area contributed by atoms with Crippen molar-refractivity contribution < 1.29 is 5.11 Å². The van der Waals surface area contributed by atoms with Gasteiger partial charge < -0.3 is 5.11 Å². The van der Waals surface area contributed by atoms with E-state index in [4.69, 9.17) is 0 Å². The fourth-order valence-electron chi connectivity index (χ4n) is 3.34. The molecular weight excluding hydrogens is 242 g/mol. The number of aliphatic hydroxyl groups excluding tert-OH is 1. The third-order valence-electron chi connectivity index (χ3n) is 4.39. The van der Waals surface area contributed by atoms with Crippen LogP contribution in [0.1, 0.15) is 30.4 Å². The molecule has 0 radical (unpaired) electrons. The monoisotopic (exact) mass is 263 g/mol. The standard InChI is InChI=1S/C15H21NOS/c17-14-7-8-16(10-14)13-4-1-11-3-6-15(18)9-12(11)2-5-13/h3,6,9,13-14,17-18H,1-2,4-5,7-8,10H2/t13?,14-/m0/s1. The number of hydrogen-bond donors (Lipinski definition) is 2. The van der Waals surface area contributed by atoms with Crippen LogP contribution in [0.4, 0.5) is 0 Å². The van der Waals surface area contributed by atoms with E-state index in [0.29, 0.717) is 6.04 Å². The number of likely N-dealkylation sites (tertiary alicyclic amines) is 1. The third kappa shape index (κ3) is 2.58.